The maximum Gasteiger partial charge on any atom is 0.246 e. The van der Waals surface area contributed by atoms with Crippen LogP contribution < -0.4 is 5.32 Å². The SMILES string of the molecule is CCc1cc(C)cc(C)c1N=C1SCC(C)(C(=O)NCCN(C)C)N(CCN2CCCCC2)C(=O)C2CCCN12. The molecule has 1 aromatic carbocycles. The molecule has 8 nitrogen and oxygen atoms in total. The molecule has 4 rings (SSSR count). The van der Waals surface area contributed by atoms with E-state index in [1.165, 1.54) is 30.4 Å². The van der Waals surface area contributed by atoms with Gasteiger partial charge in [0.1, 0.15) is 11.6 Å². The van der Waals surface area contributed by atoms with Crippen LogP contribution in [0.3, 0.4) is 0 Å². The van der Waals surface area contributed by atoms with Gasteiger partial charge in [0.15, 0.2) is 5.17 Å². The summed E-state index contributed by atoms with van der Waals surface area (Å²) in [4.78, 5) is 42.2. The summed E-state index contributed by atoms with van der Waals surface area (Å²) >= 11 is 1.64. The topological polar surface area (TPSA) is 71.5 Å². The Kier molecular flexibility index (Phi) is 10.6. The van der Waals surface area contributed by atoms with Crippen LogP contribution in [0.25, 0.3) is 0 Å². The van der Waals surface area contributed by atoms with E-state index in [4.69, 9.17) is 4.99 Å². The van der Waals surface area contributed by atoms with Crippen molar-refractivity contribution in [2.24, 2.45) is 4.99 Å². The van der Waals surface area contributed by atoms with Crippen molar-refractivity contribution in [3.63, 3.8) is 0 Å². The van der Waals surface area contributed by atoms with Crippen molar-refractivity contribution in [2.45, 2.75) is 77.8 Å². The van der Waals surface area contributed by atoms with Gasteiger partial charge in [0, 0.05) is 38.5 Å². The van der Waals surface area contributed by atoms with Crippen LogP contribution in [0, 0.1) is 13.8 Å². The van der Waals surface area contributed by atoms with E-state index in [1.54, 1.807) is 11.8 Å². The second-order valence-electron chi connectivity index (χ2n) is 12.2. The Balaban J connectivity index is 1.68. The number of thioether (sulfide) groups is 1. The van der Waals surface area contributed by atoms with Gasteiger partial charge in [0.2, 0.25) is 11.8 Å². The molecule has 0 aromatic heterocycles. The summed E-state index contributed by atoms with van der Waals surface area (Å²) in [7, 11) is 4.01. The number of amides is 2. The third-order valence-electron chi connectivity index (χ3n) is 8.66. The number of carbonyl (C=O) groups is 2. The minimum absolute atomic E-state index is 0.0691. The molecule has 2 amide bonds. The second kappa shape index (κ2) is 13.7. The molecule has 3 aliphatic rings. The summed E-state index contributed by atoms with van der Waals surface area (Å²) in [6.45, 7) is 14.0. The van der Waals surface area contributed by atoms with Crippen molar-refractivity contribution in [1.82, 2.24) is 24.9 Å². The van der Waals surface area contributed by atoms with Gasteiger partial charge in [0.05, 0.1) is 5.69 Å². The molecule has 3 aliphatic heterocycles. The van der Waals surface area contributed by atoms with Crippen LogP contribution in [0.1, 0.15) is 62.6 Å². The first-order chi connectivity index (χ1) is 19.1. The Morgan fingerprint density at radius 1 is 1.12 bits per heavy atom. The predicted octanol–water partition coefficient (Wildman–Crippen LogP) is 3.82. The maximum absolute atomic E-state index is 14.4. The molecule has 1 N–H and O–H groups in total. The number of aryl methyl sites for hydroxylation is 3. The Bertz CT molecular complexity index is 1090. The lowest BCUT2D eigenvalue weighted by Crippen LogP contribution is -2.66. The molecule has 0 aliphatic carbocycles. The molecule has 0 saturated carbocycles. The fraction of sp³-hybridized carbons (Fsp3) is 0.710. The Morgan fingerprint density at radius 2 is 1.88 bits per heavy atom. The normalized spacial score (nSPS) is 25.3. The van der Waals surface area contributed by atoms with Crippen LogP contribution in [0.15, 0.2) is 17.1 Å². The number of nitrogens with zero attached hydrogens (tertiary/aromatic N) is 5. The maximum atomic E-state index is 14.4. The summed E-state index contributed by atoms with van der Waals surface area (Å²) in [6.07, 6.45) is 6.35. The van der Waals surface area contributed by atoms with Gasteiger partial charge in [-0.25, -0.2) is 4.99 Å². The summed E-state index contributed by atoms with van der Waals surface area (Å²) in [5, 5.41) is 4.04. The fourth-order valence-corrected chi connectivity index (χ4v) is 7.50. The van der Waals surface area contributed by atoms with Crippen molar-refractivity contribution in [3.8, 4) is 0 Å². The van der Waals surface area contributed by atoms with Crippen molar-refractivity contribution in [1.29, 1.82) is 0 Å². The number of hydrogen-bond acceptors (Lipinski definition) is 6. The molecular weight excluding hydrogens is 520 g/mol. The molecule has 9 heteroatoms. The Hall–Kier alpha value is -2.10. The van der Waals surface area contributed by atoms with Crippen LogP contribution in [0.4, 0.5) is 5.69 Å². The molecule has 3 heterocycles. The number of piperidine rings is 1. The second-order valence-corrected chi connectivity index (χ2v) is 13.1. The number of rotatable bonds is 9. The minimum atomic E-state index is -0.963. The van der Waals surface area contributed by atoms with Gasteiger partial charge in [-0.1, -0.05) is 42.8 Å². The van der Waals surface area contributed by atoms with Gasteiger partial charge in [-0.15, -0.1) is 0 Å². The average molecular weight is 571 g/mol. The number of benzene rings is 1. The number of likely N-dealkylation sites (tertiary alicyclic amines) is 1. The van der Waals surface area contributed by atoms with E-state index in [9.17, 15) is 9.59 Å². The molecule has 2 atom stereocenters. The highest BCUT2D eigenvalue weighted by molar-refractivity contribution is 8.13. The van der Waals surface area contributed by atoms with Gasteiger partial charge in [-0.2, -0.15) is 0 Å². The third-order valence-corrected chi connectivity index (χ3v) is 9.95. The van der Waals surface area contributed by atoms with Crippen LogP contribution >= 0.6 is 11.8 Å². The van der Waals surface area contributed by atoms with E-state index >= 15 is 0 Å². The quantitative estimate of drug-likeness (QED) is 0.487. The standard InChI is InChI=1S/C31H50N6O2S/c1-7-25-21-23(2)20-24(3)27(25)33-30-36-16-11-12-26(36)28(38)37(19-18-35-14-9-8-10-15-35)31(4,22-40-30)29(39)32-13-17-34(5)6/h20-21,26H,7-19,22H2,1-6H3,(H,32,39). The average Bonchev–Trinajstić information content (AvgIpc) is 3.41. The molecule has 0 radical (unpaired) electrons. The number of amidine groups is 1. The monoisotopic (exact) mass is 570 g/mol. The van der Waals surface area contributed by atoms with Gasteiger partial charge in [-0.05, 0) is 91.2 Å². The molecule has 0 bridgehead atoms. The summed E-state index contributed by atoms with van der Waals surface area (Å²) in [6, 6.07) is 4.12. The lowest BCUT2D eigenvalue weighted by Gasteiger charge is -2.45. The number of nitrogens with one attached hydrogen (secondary N) is 1. The fourth-order valence-electron chi connectivity index (χ4n) is 6.26. The highest BCUT2D eigenvalue weighted by Crippen LogP contribution is 2.36. The first-order valence-corrected chi connectivity index (χ1v) is 16.2. The zero-order valence-corrected chi connectivity index (χ0v) is 26.4. The van der Waals surface area contributed by atoms with Crippen LogP contribution in [0.5, 0.6) is 0 Å². The molecule has 222 valence electrons. The van der Waals surface area contributed by atoms with E-state index in [2.05, 4.69) is 52.9 Å². The molecule has 2 unspecified atom stereocenters. The highest BCUT2D eigenvalue weighted by Gasteiger charge is 2.49. The lowest BCUT2D eigenvalue weighted by atomic mass is 9.98. The number of fused-ring (bicyclic) bond motifs is 1. The molecule has 40 heavy (non-hydrogen) atoms. The zero-order chi connectivity index (χ0) is 28.9. The Morgan fingerprint density at radius 3 is 2.58 bits per heavy atom. The van der Waals surface area contributed by atoms with E-state index in [0.29, 0.717) is 18.8 Å². The lowest BCUT2D eigenvalue weighted by molar-refractivity contribution is -0.148. The number of likely N-dealkylation sites (N-methyl/N-ethyl adjacent to an activating group) is 1. The first-order valence-electron chi connectivity index (χ1n) is 15.2. The van der Waals surface area contributed by atoms with E-state index in [-0.39, 0.29) is 17.9 Å². The van der Waals surface area contributed by atoms with Crippen LogP contribution in [-0.2, 0) is 16.0 Å². The third kappa shape index (κ3) is 7.02. The van der Waals surface area contributed by atoms with Crippen molar-refractivity contribution >= 4 is 34.4 Å². The number of aliphatic imine (C=N–C) groups is 1. The van der Waals surface area contributed by atoms with Crippen molar-refractivity contribution < 1.29 is 9.59 Å². The van der Waals surface area contributed by atoms with Gasteiger partial charge in [-0.3, -0.25) is 9.59 Å². The van der Waals surface area contributed by atoms with E-state index < -0.39 is 5.54 Å². The summed E-state index contributed by atoms with van der Waals surface area (Å²) in [5.74, 6) is 0.477. The largest absolute Gasteiger partial charge is 0.353 e. The van der Waals surface area contributed by atoms with Crippen molar-refractivity contribution in [3.05, 3.63) is 28.8 Å². The first kappa shape index (κ1) is 30.8. The van der Waals surface area contributed by atoms with Gasteiger partial charge < -0.3 is 24.9 Å². The van der Waals surface area contributed by atoms with Gasteiger partial charge >= 0.3 is 0 Å². The van der Waals surface area contributed by atoms with E-state index in [0.717, 1.165) is 68.4 Å². The van der Waals surface area contributed by atoms with E-state index in [1.807, 2.05) is 25.9 Å². The molecule has 0 spiro atoms. The van der Waals surface area contributed by atoms with Crippen molar-refractivity contribution in [2.75, 3.05) is 65.7 Å². The Labute approximate surface area is 245 Å². The molecule has 3 fully saturated rings. The summed E-state index contributed by atoms with van der Waals surface area (Å²) < 4.78 is 0. The predicted molar refractivity (Wildman–Crippen MR) is 167 cm³/mol. The molecular formula is C31H50N6O2S. The van der Waals surface area contributed by atoms with Gasteiger partial charge in [0.25, 0.3) is 0 Å². The zero-order valence-electron chi connectivity index (χ0n) is 25.6. The number of carbonyl (C=O) groups excluding carboxylic acids is 2. The minimum Gasteiger partial charge on any atom is -0.353 e. The molecule has 1 aromatic rings. The molecule has 3 saturated heterocycles. The highest BCUT2D eigenvalue weighted by atomic mass is 32.2. The van der Waals surface area contributed by atoms with Crippen LogP contribution in [0.2, 0.25) is 0 Å². The smallest absolute Gasteiger partial charge is 0.246 e. The number of hydrogen-bond donors (Lipinski definition) is 1. The van der Waals surface area contributed by atoms with Crippen LogP contribution in [-0.4, -0.2) is 114 Å². The summed E-state index contributed by atoms with van der Waals surface area (Å²) in [5.41, 5.74) is 3.66.